The van der Waals surface area contributed by atoms with Crippen LogP contribution in [0.4, 0.5) is 4.79 Å². The fraction of sp³-hybridized carbons (Fsp3) is 0.714. The molecular weight excluding hydrogens is 440 g/mol. The Morgan fingerprint density at radius 3 is 2.17 bits per heavy atom. The Morgan fingerprint density at radius 2 is 1.51 bits per heavy atom. The number of ether oxygens (including phenoxy) is 1. The van der Waals surface area contributed by atoms with Crippen molar-refractivity contribution in [1.82, 2.24) is 20.0 Å². The number of urea groups is 1. The third kappa shape index (κ3) is 4.94. The molecule has 6 aliphatic rings. The highest BCUT2D eigenvalue weighted by atomic mass is 16.5. The van der Waals surface area contributed by atoms with Gasteiger partial charge in [0.25, 0.3) is 0 Å². The van der Waals surface area contributed by atoms with Crippen molar-refractivity contribution in [3.05, 3.63) is 35.9 Å². The highest BCUT2D eigenvalue weighted by Gasteiger charge is 2.55. The molecule has 7 rings (SSSR count). The number of piperazine rings is 1. The van der Waals surface area contributed by atoms with Crippen LogP contribution in [-0.2, 0) is 16.1 Å². The molecule has 0 spiro atoms. The molecule has 2 saturated heterocycles. The van der Waals surface area contributed by atoms with Crippen LogP contribution in [0.1, 0.15) is 44.1 Å². The zero-order valence-electron chi connectivity index (χ0n) is 20.9. The quantitative estimate of drug-likeness (QED) is 0.704. The second-order valence-corrected chi connectivity index (χ2v) is 11.9. The highest BCUT2D eigenvalue weighted by molar-refractivity contribution is 5.84. The first-order valence-corrected chi connectivity index (χ1v) is 13.8. The summed E-state index contributed by atoms with van der Waals surface area (Å²) in [5.41, 5.74) is 1.22. The van der Waals surface area contributed by atoms with Crippen LogP contribution >= 0.6 is 0 Å². The smallest absolute Gasteiger partial charge is 0.317 e. The summed E-state index contributed by atoms with van der Waals surface area (Å²) >= 11 is 0. The number of carbonyl (C=O) groups excluding carboxylic acids is 2. The topological polar surface area (TPSA) is 65.1 Å². The van der Waals surface area contributed by atoms with Gasteiger partial charge in [0.15, 0.2) is 0 Å². The molecule has 4 aliphatic carbocycles. The minimum atomic E-state index is -0.0802. The maximum atomic E-state index is 13.6. The fourth-order valence-electron chi connectivity index (χ4n) is 8.02. The van der Waals surface area contributed by atoms with Crippen LogP contribution in [0.2, 0.25) is 0 Å². The van der Waals surface area contributed by atoms with E-state index in [4.69, 9.17) is 4.74 Å². The van der Waals surface area contributed by atoms with E-state index in [1.807, 2.05) is 11.0 Å². The third-order valence-corrected chi connectivity index (χ3v) is 9.30. The predicted molar refractivity (Wildman–Crippen MR) is 134 cm³/mol. The first kappa shape index (κ1) is 23.3. The highest BCUT2D eigenvalue weighted by Crippen LogP contribution is 2.60. The zero-order chi connectivity index (χ0) is 23.8. The lowest BCUT2D eigenvalue weighted by Gasteiger charge is -2.57. The Hall–Kier alpha value is -2.12. The van der Waals surface area contributed by atoms with Crippen LogP contribution in [0.5, 0.6) is 0 Å². The molecule has 190 valence electrons. The Labute approximate surface area is 209 Å². The van der Waals surface area contributed by atoms with Crippen molar-refractivity contribution in [3.63, 3.8) is 0 Å². The summed E-state index contributed by atoms with van der Waals surface area (Å²) in [6.45, 7) is 6.44. The molecule has 7 heteroatoms. The number of hydrogen-bond donors (Lipinski definition) is 1. The summed E-state index contributed by atoms with van der Waals surface area (Å²) < 4.78 is 5.92. The van der Waals surface area contributed by atoms with Crippen LogP contribution in [-0.4, -0.2) is 85.2 Å². The summed E-state index contributed by atoms with van der Waals surface area (Å²) in [6.07, 6.45) is 7.42. The van der Waals surface area contributed by atoms with Crippen molar-refractivity contribution in [3.8, 4) is 0 Å². The van der Waals surface area contributed by atoms with Crippen molar-refractivity contribution < 1.29 is 14.3 Å². The van der Waals surface area contributed by atoms with E-state index in [9.17, 15) is 9.59 Å². The SMILES string of the molecule is O=C(NCC1CN(Cc2ccccc2)CCO1)N1CCN(C(=O)C23CC4CC(CC(C4)C2)C3)CC1. The molecule has 1 aromatic carbocycles. The largest absolute Gasteiger partial charge is 0.374 e. The lowest BCUT2D eigenvalue weighted by atomic mass is 9.49. The number of morpholine rings is 1. The lowest BCUT2D eigenvalue weighted by Crippen LogP contribution is -2.59. The number of hydrogen-bond acceptors (Lipinski definition) is 4. The lowest BCUT2D eigenvalue weighted by molar-refractivity contribution is -0.159. The number of nitrogens with one attached hydrogen (secondary N) is 1. The van der Waals surface area contributed by atoms with Crippen LogP contribution in [0.3, 0.4) is 0 Å². The zero-order valence-corrected chi connectivity index (χ0v) is 20.9. The van der Waals surface area contributed by atoms with E-state index in [1.54, 1.807) is 0 Å². The maximum Gasteiger partial charge on any atom is 0.317 e. The Kier molecular flexibility index (Phi) is 6.48. The van der Waals surface area contributed by atoms with Crippen molar-refractivity contribution in [2.24, 2.45) is 23.2 Å². The van der Waals surface area contributed by atoms with Gasteiger partial charge in [0.2, 0.25) is 5.91 Å². The fourth-order valence-corrected chi connectivity index (χ4v) is 8.02. The van der Waals surface area contributed by atoms with Crippen LogP contribution < -0.4 is 5.32 Å². The van der Waals surface area contributed by atoms with E-state index < -0.39 is 0 Å². The monoisotopic (exact) mass is 480 g/mol. The van der Waals surface area contributed by atoms with Gasteiger partial charge in [-0.3, -0.25) is 9.69 Å². The van der Waals surface area contributed by atoms with E-state index in [0.29, 0.717) is 45.2 Å². The number of carbonyl (C=O) groups is 2. The summed E-state index contributed by atoms with van der Waals surface area (Å²) in [4.78, 5) is 32.8. The molecule has 4 bridgehead atoms. The number of amides is 3. The van der Waals surface area contributed by atoms with Gasteiger partial charge in [-0.25, -0.2) is 4.79 Å². The minimum Gasteiger partial charge on any atom is -0.374 e. The summed E-state index contributed by atoms with van der Waals surface area (Å²) in [5.74, 6) is 2.74. The molecule has 4 saturated carbocycles. The van der Waals surface area contributed by atoms with Gasteiger partial charge in [0, 0.05) is 52.4 Å². The van der Waals surface area contributed by atoms with Crippen molar-refractivity contribution in [2.45, 2.75) is 51.2 Å². The maximum absolute atomic E-state index is 13.6. The standard InChI is InChI=1S/C28H40N4O3/c33-26(28-15-22-12-23(16-28)14-24(13-22)17-28)31-6-8-32(9-7-31)27(34)29-18-25-20-30(10-11-35-25)19-21-4-2-1-3-5-21/h1-5,22-25H,6-20H2,(H,29,34). The van der Waals surface area contributed by atoms with Gasteiger partial charge in [-0.2, -0.15) is 0 Å². The molecule has 7 nitrogen and oxygen atoms in total. The summed E-state index contributed by atoms with van der Waals surface area (Å²) in [5, 5.41) is 3.09. The molecule has 1 atom stereocenters. The van der Waals surface area contributed by atoms with Gasteiger partial charge >= 0.3 is 6.03 Å². The van der Waals surface area contributed by atoms with Gasteiger partial charge < -0.3 is 19.9 Å². The predicted octanol–water partition coefficient (Wildman–Crippen LogP) is 2.96. The van der Waals surface area contributed by atoms with E-state index in [0.717, 1.165) is 56.7 Å². The molecule has 1 aromatic rings. The summed E-state index contributed by atoms with van der Waals surface area (Å²) in [7, 11) is 0. The van der Waals surface area contributed by atoms with Crippen LogP contribution in [0.15, 0.2) is 30.3 Å². The molecule has 1 N–H and O–H groups in total. The molecule has 35 heavy (non-hydrogen) atoms. The molecule has 0 aromatic heterocycles. The average Bonchev–Trinajstić information content (AvgIpc) is 2.87. The van der Waals surface area contributed by atoms with Crippen molar-refractivity contribution >= 4 is 11.9 Å². The van der Waals surface area contributed by atoms with Crippen LogP contribution in [0, 0.1) is 23.2 Å². The van der Waals surface area contributed by atoms with Gasteiger partial charge in [0.1, 0.15) is 0 Å². The average molecular weight is 481 g/mol. The Balaban J connectivity index is 0.954. The van der Waals surface area contributed by atoms with E-state index in [-0.39, 0.29) is 17.6 Å². The van der Waals surface area contributed by atoms with E-state index in [1.165, 1.54) is 24.8 Å². The van der Waals surface area contributed by atoms with Gasteiger partial charge in [-0.1, -0.05) is 30.3 Å². The molecule has 0 radical (unpaired) electrons. The van der Waals surface area contributed by atoms with Gasteiger partial charge in [-0.15, -0.1) is 0 Å². The first-order valence-electron chi connectivity index (χ1n) is 13.8. The number of nitrogens with zero attached hydrogens (tertiary/aromatic N) is 3. The van der Waals surface area contributed by atoms with Crippen molar-refractivity contribution in [2.75, 3.05) is 52.4 Å². The number of rotatable bonds is 5. The third-order valence-electron chi connectivity index (χ3n) is 9.30. The van der Waals surface area contributed by atoms with E-state index >= 15 is 0 Å². The first-order chi connectivity index (χ1) is 17.1. The molecular formula is C28H40N4O3. The molecule has 1 unspecified atom stereocenters. The van der Waals surface area contributed by atoms with Crippen LogP contribution in [0.25, 0.3) is 0 Å². The van der Waals surface area contributed by atoms with Gasteiger partial charge in [0.05, 0.1) is 18.1 Å². The Morgan fingerprint density at radius 1 is 0.886 bits per heavy atom. The second kappa shape index (κ2) is 9.74. The molecule has 3 amide bonds. The normalized spacial score (nSPS) is 34.7. The Bertz CT molecular complexity index is 879. The second-order valence-electron chi connectivity index (χ2n) is 11.9. The molecule has 2 aliphatic heterocycles. The van der Waals surface area contributed by atoms with Crippen molar-refractivity contribution in [1.29, 1.82) is 0 Å². The van der Waals surface area contributed by atoms with E-state index in [2.05, 4.69) is 39.4 Å². The van der Waals surface area contributed by atoms with Gasteiger partial charge in [-0.05, 0) is 61.8 Å². The molecule has 2 heterocycles. The number of benzene rings is 1. The minimum absolute atomic E-state index is 0.00960. The molecule has 6 fully saturated rings. The summed E-state index contributed by atoms with van der Waals surface area (Å²) in [6, 6.07) is 10.5.